The van der Waals surface area contributed by atoms with Gasteiger partial charge in [-0.05, 0) is 46.5 Å². The fourth-order valence-electron chi connectivity index (χ4n) is 3.10. The van der Waals surface area contributed by atoms with Crippen molar-refractivity contribution >= 4 is 62.0 Å². The second-order valence-electron chi connectivity index (χ2n) is 7.48. The van der Waals surface area contributed by atoms with Gasteiger partial charge in [0.25, 0.3) is 11.8 Å². The summed E-state index contributed by atoms with van der Waals surface area (Å²) in [7, 11) is 0. The molecule has 6 N–H and O–H groups in total. The van der Waals surface area contributed by atoms with Gasteiger partial charge in [-0.3, -0.25) is 20.3 Å². The Labute approximate surface area is 226 Å². The van der Waals surface area contributed by atoms with Crippen LogP contribution in [0, 0.1) is 5.41 Å². The Kier molecular flexibility index (Phi) is 11.2. The van der Waals surface area contributed by atoms with Crippen molar-refractivity contribution in [2.45, 2.75) is 26.1 Å². The van der Waals surface area contributed by atoms with Gasteiger partial charge in [-0.25, -0.2) is 0 Å². The van der Waals surface area contributed by atoms with E-state index in [1.165, 1.54) is 11.3 Å². The highest BCUT2D eigenvalue weighted by Crippen LogP contribution is 2.20. The second kappa shape index (κ2) is 14.6. The molecule has 37 heavy (non-hydrogen) atoms. The van der Waals surface area contributed by atoms with Crippen molar-refractivity contribution in [3.8, 4) is 0 Å². The predicted octanol–water partition coefficient (Wildman–Crippen LogP) is 3.31. The van der Waals surface area contributed by atoms with Gasteiger partial charge in [-0.1, -0.05) is 47.7 Å². The molecule has 0 fully saturated rings. The van der Waals surface area contributed by atoms with Crippen LogP contribution in [0.25, 0.3) is 0 Å². The lowest BCUT2D eigenvalue weighted by atomic mass is 10.1. The first-order chi connectivity index (χ1) is 17.9. The number of nitrogens with two attached hydrogens (primary N) is 1. The topological polar surface area (TPSA) is 175 Å². The molecule has 0 aliphatic rings. The molecule has 0 spiro atoms. The molecule has 3 aromatic rings. The summed E-state index contributed by atoms with van der Waals surface area (Å²) < 4.78 is 0. The smallest absolute Gasteiger partial charge is 0.279 e. The maximum Gasteiger partial charge on any atom is 0.279 e. The highest BCUT2D eigenvalue weighted by Gasteiger charge is 2.14. The molecule has 0 radical (unpaired) electrons. The third kappa shape index (κ3) is 8.76. The number of thioether (sulfide) groups is 2. The van der Waals surface area contributed by atoms with E-state index in [1.807, 2.05) is 0 Å². The number of nitrogens with zero attached hydrogens (tertiary/aromatic N) is 3. The summed E-state index contributed by atoms with van der Waals surface area (Å²) in [6.45, 7) is -0.501. The molecular formula is C24H26N6O4S3. The number of aliphatic hydroxyl groups is 2. The van der Waals surface area contributed by atoms with Crippen molar-refractivity contribution in [2.75, 3.05) is 16.8 Å². The van der Waals surface area contributed by atoms with Crippen molar-refractivity contribution in [1.29, 1.82) is 5.41 Å². The van der Waals surface area contributed by atoms with Gasteiger partial charge in [0.05, 0.1) is 18.3 Å². The van der Waals surface area contributed by atoms with Gasteiger partial charge in [0.1, 0.15) is 5.01 Å². The Morgan fingerprint density at radius 2 is 1.65 bits per heavy atom. The Hall–Kier alpha value is -3.10. The molecule has 0 aliphatic carbocycles. The van der Waals surface area contributed by atoms with Gasteiger partial charge in [0.15, 0.2) is 5.17 Å². The molecule has 194 valence electrons. The van der Waals surface area contributed by atoms with Crippen LogP contribution < -0.4 is 11.1 Å². The van der Waals surface area contributed by atoms with Crippen LogP contribution in [0.15, 0.2) is 53.5 Å². The number of benzene rings is 2. The first-order valence-electron chi connectivity index (χ1n) is 11.1. The van der Waals surface area contributed by atoms with Crippen LogP contribution in [-0.4, -0.2) is 53.9 Å². The Balaban J connectivity index is 1.37. The molecule has 10 nitrogen and oxygen atoms in total. The Morgan fingerprint density at radius 3 is 2.35 bits per heavy atom. The number of amidine groups is 1. The molecule has 0 atom stereocenters. The minimum Gasteiger partial charge on any atom is -0.392 e. The number of aliphatic hydroxyl groups excluding tert-OH is 2. The number of aryl methyl sites for hydroxylation is 1. The summed E-state index contributed by atoms with van der Waals surface area (Å²) in [6.07, 6.45) is 1.13. The minimum absolute atomic E-state index is 0.0159. The molecule has 2 aromatic carbocycles. The maximum absolute atomic E-state index is 12.4. The number of aromatic nitrogens is 2. The van der Waals surface area contributed by atoms with Crippen LogP contribution >= 0.6 is 34.9 Å². The van der Waals surface area contributed by atoms with E-state index in [9.17, 15) is 19.8 Å². The first kappa shape index (κ1) is 28.5. The van der Waals surface area contributed by atoms with E-state index < -0.39 is 5.91 Å². The zero-order valence-corrected chi connectivity index (χ0v) is 22.2. The molecule has 0 saturated carbocycles. The average molecular weight is 559 g/mol. The van der Waals surface area contributed by atoms with Gasteiger partial charge in [-0.2, -0.15) is 16.8 Å². The zero-order chi connectivity index (χ0) is 26.6. The van der Waals surface area contributed by atoms with E-state index in [2.05, 4.69) is 20.5 Å². The van der Waals surface area contributed by atoms with Crippen molar-refractivity contribution < 1.29 is 19.8 Å². The third-order valence-corrected chi connectivity index (χ3v) is 7.55. The van der Waals surface area contributed by atoms with Gasteiger partial charge in [0.2, 0.25) is 5.13 Å². The van der Waals surface area contributed by atoms with Crippen molar-refractivity contribution in [1.82, 2.24) is 10.2 Å². The molecule has 3 rings (SSSR count). The van der Waals surface area contributed by atoms with Gasteiger partial charge in [-0.15, -0.1) is 10.2 Å². The summed E-state index contributed by atoms with van der Waals surface area (Å²) in [6, 6.07) is 13.4. The number of rotatable bonds is 11. The summed E-state index contributed by atoms with van der Waals surface area (Å²) in [5.41, 5.74) is 7.51. The predicted molar refractivity (Wildman–Crippen MR) is 150 cm³/mol. The summed E-state index contributed by atoms with van der Waals surface area (Å²) in [5, 5.41) is 39.1. The first-order valence-corrected chi connectivity index (χ1v) is 13.9. The zero-order valence-electron chi connectivity index (χ0n) is 19.7. The minimum atomic E-state index is -0.554. The monoisotopic (exact) mass is 558 g/mol. The quantitative estimate of drug-likeness (QED) is 0.134. The highest BCUT2D eigenvalue weighted by atomic mass is 32.2. The van der Waals surface area contributed by atoms with Crippen molar-refractivity contribution in [3.63, 3.8) is 0 Å². The second-order valence-corrected chi connectivity index (χ2v) is 10.9. The number of anilines is 1. The van der Waals surface area contributed by atoms with Crippen molar-refractivity contribution in [3.05, 3.63) is 75.8 Å². The van der Waals surface area contributed by atoms with Gasteiger partial charge in [0, 0.05) is 24.0 Å². The highest BCUT2D eigenvalue weighted by molar-refractivity contribution is 8.26. The number of carbonyl (C=O) groups is 2. The fourth-order valence-corrected chi connectivity index (χ4v) is 5.57. The number of nitrogens with one attached hydrogen (secondary N) is 2. The number of carbonyl (C=O) groups excluding carboxylic acids is 2. The summed E-state index contributed by atoms with van der Waals surface area (Å²) >= 11 is 3.87. The number of hydrogen-bond acceptors (Lipinski definition) is 10. The molecule has 0 saturated heterocycles. The van der Waals surface area contributed by atoms with Gasteiger partial charge < -0.3 is 15.9 Å². The van der Waals surface area contributed by atoms with Crippen LogP contribution in [0.2, 0.25) is 0 Å². The van der Waals surface area contributed by atoms with E-state index in [-0.39, 0.29) is 29.9 Å². The van der Waals surface area contributed by atoms with Gasteiger partial charge >= 0.3 is 0 Å². The fraction of sp³-hybridized carbons (Fsp3) is 0.250. The van der Waals surface area contributed by atoms with E-state index in [4.69, 9.17) is 11.1 Å². The van der Waals surface area contributed by atoms with E-state index in [1.54, 1.807) is 60.3 Å². The largest absolute Gasteiger partial charge is 0.392 e. The molecule has 0 aliphatic heterocycles. The maximum atomic E-state index is 12.4. The lowest BCUT2D eigenvalue weighted by Gasteiger charge is -2.05. The molecule has 1 aromatic heterocycles. The average Bonchev–Trinajstić information content (AvgIpc) is 3.35. The molecular weight excluding hydrogens is 533 g/mol. The SMILES string of the molecule is N=C(CCSCCc1nnc(NC(=O)c2ccccc2CO)s1)SC(N)=NC(=O)c1ccccc1CO. The third-order valence-electron chi connectivity index (χ3n) is 4.91. The normalized spacial score (nSPS) is 11.4. The standard InChI is InChI=1S/C24H26N6O4S3/c25-19(36-23(26)27-21(33)17-7-3-1-5-15(17)13-31)9-11-35-12-10-20-29-30-24(37-20)28-22(34)18-8-4-2-6-16(18)14-32/h1-8,25,31-32H,9-14H2,(H2,26,27,33)(H,28,30,34). The lowest BCUT2D eigenvalue weighted by molar-refractivity contribution is 0.0997. The van der Waals surface area contributed by atoms with E-state index >= 15 is 0 Å². The van der Waals surface area contributed by atoms with Crippen molar-refractivity contribution in [2.24, 2.45) is 10.7 Å². The van der Waals surface area contributed by atoms with Crippen LogP contribution in [0.4, 0.5) is 5.13 Å². The van der Waals surface area contributed by atoms with Crippen LogP contribution in [-0.2, 0) is 19.6 Å². The van der Waals surface area contributed by atoms with E-state index in [0.29, 0.717) is 45.5 Å². The molecule has 1 heterocycles. The summed E-state index contributed by atoms with van der Waals surface area (Å²) in [4.78, 5) is 28.6. The number of hydrogen-bond donors (Lipinski definition) is 5. The molecule has 0 unspecified atom stereocenters. The van der Waals surface area contributed by atoms with Crippen LogP contribution in [0.1, 0.15) is 43.3 Å². The van der Waals surface area contributed by atoms with Crippen LogP contribution in [0.3, 0.4) is 0 Å². The molecule has 0 bridgehead atoms. The Morgan fingerprint density at radius 1 is 1.00 bits per heavy atom. The number of amides is 2. The molecule has 13 heteroatoms. The molecule has 2 amide bonds. The number of aliphatic imine (C=N–C) groups is 1. The Bertz CT molecular complexity index is 1280. The summed E-state index contributed by atoms with van der Waals surface area (Å²) in [5.74, 6) is 0.538. The van der Waals surface area contributed by atoms with E-state index in [0.717, 1.165) is 22.5 Å². The van der Waals surface area contributed by atoms with Crippen LogP contribution in [0.5, 0.6) is 0 Å². The lowest BCUT2D eigenvalue weighted by Crippen LogP contribution is -2.14.